The molecular formula is C23H26F3N3O. The highest BCUT2D eigenvalue weighted by Crippen LogP contribution is 2.34. The fourth-order valence-electron chi connectivity index (χ4n) is 4.51. The fourth-order valence-corrected chi connectivity index (χ4v) is 4.51. The molecule has 0 bridgehead atoms. The minimum absolute atomic E-state index is 0.190. The molecule has 7 heteroatoms. The fraction of sp³-hybridized carbons (Fsp3) is 0.435. The van der Waals surface area contributed by atoms with Crippen molar-refractivity contribution in [1.29, 1.82) is 0 Å². The first-order valence-corrected chi connectivity index (χ1v) is 10.4. The van der Waals surface area contributed by atoms with Crippen LogP contribution in [-0.2, 0) is 19.1 Å². The van der Waals surface area contributed by atoms with Crippen molar-refractivity contribution < 1.29 is 18.0 Å². The van der Waals surface area contributed by atoms with E-state index in [1.165, 1.54) is 29.3 Å². The zero-order valence-electron chi connectivity index (χ0n) is 16.8. The van der Waals surface area contributed by atoms with E-state index in [2.05, 4.69) is 34.5 Å². The number of carbonyl (C=O) groups excluding carboxylic acids is 1. The van der Waals surface area contributed by atoms with Crippen molar-refractivity contribution in [3.05, 3.63) is 65.2 Å². The van der Waals surface area contributed by atoms with Crippen molar-refractivity contribution in [2.24, 2.45) is 5.92 Å². The summed E-state index contributed by atoms with van der Waals surface area (Å²) in [5.74, 6) is 0.327. The lowest BCUT2D eigenvalue weighted by molar-refractivity contribution is -0.136. The first kappa shape index (κ1) is 20.7. The summed E-state index contributed by atoms with van der Waals surface area (Å²) in [5.41, 5.74) is 1.75. The molecule has 4 rings (SSSR count). The quantitative estimate of drug-likeness (QED) is 0.762. The number of rotatable bonds is 3. The Balaban J connectivity index is 1.36. The molecule has 2 amide bonds. The zero-order valence-corrected chi connectivity index (χ0v) is 16.8. The molecule has 30 heavy (non-hydrogen) atoms. The van der Waals surface area contributed by atoms with E-state index >= 15 is 0 Å². The predicted octanol–water partition coefficient (Wildman–Crippen LogP) is 5.01. The highest BCUT2D eigenvalue weighted by atomic mass is 19.4. The van der Waals surface area contributed by atoms with Gasteiger partial charge < -0.3 is 10.2 Å². The van der Waals surface area contributed by atoms with Crippen LogP contribution in [0, 0.1) is 5.92 Å². The van der Waals surface area contributed by atoms with Crippen LogP contribution >= 0.6 is 0 Å². The maximum Gasteiger partial charge on any atom is 0.418 e. The van der Waals surface area contributed by atoms with Gasteiger partial charge in [0.2, 0.25) is 0 Å². The van der Waals surface area contributed by atoms with Crippen molar-refractivity contribution in [2.45, 2.75) is 32.0 Å². The number of hydrogen-bond acceptors (Lipinski definition) is 2. The monoisotopic (exact) mass is 417 g/mol. The van der Waals surface area contributed by atoms with E-state index in [1.807, 2.05) is 0 Å². The van der Waals surface area contributed by atoms with E-state index in [0.29, 0.717) is 19.0 Å². The van der Waals surface area contributed by atoms with E-state index < -0.39 is 17.8 Å². The maximum atomic E-state index is 13.2. The molecule has 0 saturated carbocycles. The molecule has 1 N–H and O–H groups in total. The van der Waals surface area contributed by atoms with Gasteiger partial charge in [0.25, 0.3) is 0 Å². The van der Waals surface area contributed by atoms with Crippen LogP contribution in [0.15, 0.2) is 48.5 Å². The average molecular weight is 417 g/mol. The van der Waals surface area contributed by atoms with Crippen LogP contribution in [-0.4, -0.2) is 42.0 Å². The first-order valence-electron chi connectivity index (χ1n) is 10.4. The summed E-state index contributed by atoms with van der Waals surface area (Å²) >= 11 is 0. The first-order chi connectivity index (χ1) is 14.4. The van der Waals surface area contributed by atoms with Crippen molar-refractivity contribution in [1.82, 2.24) is 9.80 Å². The van der Waals surface area contributed by atoms with E-state index in [4.69, 9.17) is 0 Å². The van der Waals surface area contributed by atoms with Gasteiger partial charge >= 0.3 is 12.2 Å². The van der Waals surface area contributed by atoms with Gasteiger partial charge in [-0.15, -0.1) is 0 Å². The number of fused-ring (bicyclic) bond motifs is 1. The van der Waals surface area contributed by atoms with Crippen LogP contribution in [0.2, 0.25) is 0 Å². The molecule has 160 valence electrons. The number of urea groups is 1. The van der Waals surface area contributed by atoms with Gasteiger partial charge in [0.15, 0.2) is 0 Å². The molecule has 0 spiro atoms. The lowest BCUT2D eigenvalue weighted by Crippen LogP contribution is -2.46. The molecule has 2 aromatic rings. The molecule has 0 aromatic heterocycles. The number of nitrogens with one attached hydrogen (secondary N) is 1. The van der Waals surface area contributed by atoms with Gasteiger partial charge in [0.1, 0.15) is 0 Å². The molecule has 0 radical (unpaired) electrons. The number of carbonyl (C=O) groups is 1. The number of piperidine rings is 1. The number of para-hydroxylation sites is 1. The highest BCUT2D eigenvalue weighted by Gasteiger charge is 2.34. The van der Waals surface area contributed by atoms with Crippen LogP contribution in [0.4, 0.5) is 23.7 Å². The van der Waals surface area contributed by atoms with Crippen LogP contribution in [0.3, 0.4) is 0 Å². The maximum absolute atomic E-state index is 13.2. The number of nitrogens with zero attached hydrogens (tertiary/aromatic N) is 2. The predicted molar refractivity (Wildman–Crippen MR) is 110 cm³/mol. The van der Waals surface area contributed by atoms with Crippen LogP contribution in [0.1, 0.15) is 29.5 Å². The second-order valence-electron chi connectivity index (χ2n) is 8.18. The second kappa shape index (κ2) is 8.68. The number of likely N-dealkylation sites (tertiary alicyclic amines) is 1. The Morgan fingerprint density at radius 3 is 2.57 bits per heavy atom. The minimum atomic E-state index is -4.50. The van der Waals surface area contributed by atoms with Crippen LogP contribution in [0.25, 0.3) is 0 Å². The number of halogens is 3. The Morgan fingerprint density at radius 2 is 1.77 bits per heavy atom. The zero-order chi connectivity index (χ0) is 21.1. The van der Waals surface area contributed by atoms with E-state index in [1.54, 1.807) is 4.90 Å². The third-order valence-corrected chi connectivity index (χ3v) is 6.01. The molecule has 0 aliphatic carbocycles. The van der Waals surface area contributed by atoms with Gasteiger partial charge in [0, 0.05) is 32.7 Å². The lowest BCUT2D eigenvalue weighted by atomic mass is 9.95. The summed E-state index contributed by atoms with van der Waals surface area (Å²) < 4.78 is 39.6. The Hall–Kier alpha value is -2.54. The van der Waals surface area contributed by atoms with Crippen LogP contribution in [0.5, 0.6) is 0 Å². The van der Waals surface area contributed by atoms with Crippen molar-refractivity contribution in [2.75, 3.05) is 31.5 Å². The normalized spacial score (nSPS) is 20.0. The molecule has 2 heterocycles. The van der Waals surface area contributed by atoms with Crippen molar-refractivity contribution in [3.8, 4) is 0 Å². The summed E-state index contributed by atoms with van der Waals surface area (Å²) in [4.78, 5) is 16.8. The summed E-state index contributed by atoms with van der Waals surface area (Å²) in [6.45, 7) is 3.95. The summed E-state index contributed by atoms with van der Waals surface area (Å²) in [6, 6.07) is 13.1. The average Bonchev–Trinajstić information content (AvgIpc) is 2.73. The number of alkyl halides is 3. The molecule has 2 aromatic carbocycles. The lowest BCUT2D eigenvalue weighted by Gasteiger charge is -2.37. The molecule has 2 aliphatic heterocycles. The Bertz CT molecular complexity index is 899. The van der Waals surface area contributed by atoms with Gasteiger partial charge in [-0.2, -0.15) is 13.2 Å². The number of benzene rings is 2. The molecule has 4 nitrogen and oxygen atoms in total. The van der Waals surface area contributed by atoms with Gasteiger partial charge in [0.05, 0.1) is 11.3 Å². The third-order valence-electron chi connectivity index (χ3n) is 6.01. The largest absolute Gasteiger partial charge is 0.418 e. The number of amides is 2. The smallest absolute Gasteiger partial charge is 0.324 e. The van der Waals surface area contributed by atoms with Gasteiger partial charge in [-0.25, -0.2) is 4.79 Å². The van der Waals surface area contributed by atoms with E-state index in [9.17, 15) is 18.0 Å². The summed E-state index contributed by atoms with van der Waals surface area (Å²) in [6.07, 6.45) is -1.58. The second-order valence-corrected chi connectivity index (χ2v) is 8.18. The van der Waals surface area contributed by atoms with E-state index in [0.717, 1.165) is 45.0 Å². The standard InChI is InChI=1S/C23H26F3N3O/c24-23(25,26)20-9-3-4-10-21(20)27-22(30)29-12-5-6-17(15-29)14-28-13-11-18-7-1-2-8-19(18)16-28/h1-4,7-10,17H,5-6,11-16H2,(H,27,30). The third kappa shape index (κ3) is 4.78. The van der Waals surface area contributed by atoms with Gasteiger partial charge in [-0.1, -0.05) is 36.4 Å². The Kier molecular flexibility index (Phi) is 5.99. The minimum Gasteiger partial charge on any atom is -0.324 e. The highest BCUT2D eigenvalue weighted by molar-refractivity contribution is 5.90. The summed E-state index contributed by atoms with van der Waals surface area (Å²) in [7, 11) is 0. The van der Waals surface area contributed by atoms with Gasteiger partial charge in [-0.05, 0) is 48.4 Å². The molecule has 1 atom stereocenters. The molecule has 1 fully saturated rings. The Labute approximate surface area is 174 Å². The summed E-state index contributed by atoms with van der Waals surface area (Å²) in [5, 5.41) is 2.48. The van der Waals surface area contributed by atoms with Crippen LogP contribution < -0.4 is 5.32 Å². The molecule has 2 aliphatic rings. The number of anilines is 1. The molecule has 1 saturated heterocycles. The topological polar surface area (TPSA) is 35.6 Å². The van der Waals surface area contributed by atoms with E-state index in [-0.39, 0.29) is 5.69 Å². The van der Waals surface area contributed by atoms with Crippen molar-refractivity contribution >= 4 is 11.7 Å². The SMILES string of the molecule is O=C(Nc1ccccc1C(F)(F)F)N1CCCC(CN2CCc3ccccc3C2)C1. The number of hydrogen-bond donors (Lipinski definition) is 1. The molecule has 1 unspecified atom stereocenters. The Morgan fingerprint density at radius 1 is 1.03 bits per heavy atom. The molecular weight excluding hydrogens is 391 g/mol. The van der Waals surface area contributed by atoms with Gasteiger partial charge in [-0.3, -0.25) is 4.90 Å². The van der Waals surface area contributed by atoms with Crippen molar-refractivity contribution in [3.63, 3.8) is 0 Å².